The Kier molecular flexibility index (Phi) is 6.27. The summed E-state index contributed by atoms with van der Waals surface area (Å²) in [6.07, 6.45) is 2.70. The van der Waals surface area contributed by atoms with Gasteiger partial charge in [-0.25, -0.2) is 0 Å². The number of thioether (sulfide) groups is 1. The fraction of sp³-hybridized carbons (Fsp3) is 0.500. The number of nitrogens with two attached hydrogens (primary N) is 1. The Bertz CT molecular complexity index is 501. The minimum atomic E-state index is -0.427. The van der Waals surface area contributed by atoms with E-state index in [1.165, 1.54) is 0 Å². The highest BCUT2D eigenvalue weighted by Gasteiger charge is 2.27. The molecule has 22 heavy (non-hydrogen) atoms. The Morgan fingerprint density at radius 2 is 1.73 bits per heavy atom. The van der Waals surface area contributed by atoms with E-state index in [0.717, 1.165) is 5.75 Å². The lowest BCUT2D eigenvalue weighted by molar-refractivity contribution is -0.134. The van der Waals surface area contributed by atoms with E-state index in [9.17, 15) is 9.59 Å². The molecule has 1 aromatic carbocycles. The van der Waals surface area contributed by atoms with E-state index in [0.29, 0.717) is 38.2 Å². The molecule has 2 amide bonds. The SMILES string of the molecule is CSCC[C@H](N)C(=O)N1CCN(C(=O)c2ccccc2)CC1. The molecule has 0 radical (unpaired) electrons. The van der Waals surface area contributed by atoms with Gasteiger partial charge < -0.3 is 15.5 Å². The van der Waals surface area contributed by atoms with Crippen LogP contribution in [-0.4, -0.2) is 65.8 Å². The summed E-state index contributed by atoms with van der Waals surface area (Å²) in [4.78, 5) is 28.2. The van der Waals surface area contributed by atoms with Crippen molar-refractivity contribution in [3.8, 4) is 0 Å². The molecule has 0 saturated carbocycles. The third-order valence-electron chi connectivity index (χ3n) is 3.85. The fourth-order valence-corrected chi connectivity index (χ4v) is 2.99. The zero-order chi connectivity index (χ0) is 15.9. The van der Waals surface area contributed by atoms with Crippen LogP contribution >= 0.6 is 11.8 Å². The standard InChI is InChI=1S/C16H23N3O2S/c1-22-12-7-14(17)16(21)19-10-8-18(9-11-19)15(20)13-5-3-2-4-6-13/h2-6,14H,7-12,17H2,1H3/t14-/m0/s1. The highest BCUT2D eigenvalue weighted by Crippen LogP contribution is 2.10. The van der Waals surface area contributed by atoms with Crippen LogP contribution in [-0.2, 0) is 4.79 Å². The monoisotopic (exact) mass is 321 g/mol. The summed E-state index contributed by atoms with van der Waals surface area (Å²) in [6, 6.07) is 8.82. The van der Waals surface area contributed by atoms with E-state index in [1.54, 1.807) is 21.6 Å². The average Bonchev–Trinajstić information content (AvgIpc) is 2.59. The number of carbonyl (C=O) groups is 2. The quantitative estimate of drug-likeness (QED) is 0.880. The first-order valence-electron chi connectivity index (χ1n) is 7.51. The summed E-state index contributed by atoms with van der Waals surface area (Å²) >= 11 is 1.69. The van der Waals surface area contributed by atoms with Crippen molar-refractivity contribution in [3.63, 3.8) is 0 Å². The molecule has 1 aromatic rings. The zero-order valence-electron chi connectivity index (χ0n) is 12.9. The molecule has 0 aliphatic carbocycles. The molecular weight excluding hydrogens is 298 g/mol. The molecule has 2 rings (SSSR count). The summed E-state index contributed by atoms with van der Waals surface area (Å²) in [5, 5.41) is 0. The van der Waals surface area contributed by atoms with Gasteiger partial charge in [-0.2, -0.15) is 11.8 Å². The van der Waals surface area contributed by atoms with Crippen molar-refractivity contribution in [2.75, 3.05) is 38.2 Å². The van der Waals surface area contributed by atoms with Crippen molar-refractivity contribution in [3.05, 3.63) is 35.9 Å². The van der Waals surface area contributed by atoms with Crippen LogP contribution in [0.5, 0.6) is 0 Å². The minimum Gasteiger partial charge on any atom is -0.338 e. The first-order valence-corrected chi connectivity index (χ1v) is 8.90. The maximum Gasteiger partial charge on any atom is 0.253 e. The zero-order valence-corrected chi connectivity index (χ0v) is 13.7. The summed E-state index contributed by atoms with van der Waals surface area (Å²) in [6.45, 7) is 2.25. The first-order chi connectivity index (χ1) is 10.6. The Balaban J connectivity index is 1.85. The Morgan fingerprint density at radius 1 is 1.14 bits per heavy atom. The predicted molar refractivity (Wildman–Crippen MR) is 89.9 cm³/mol. The number of amides is 2. The summed E-state index contributed by atoms with van der Waals surface area (Å²) < 4.78 is 0. The molecule has 0 spiro atoms. The molecule has 5 nitrogen and oxygen atoms in total. The number of hydrogen-bond acceptors (Lipinski definition) is 4. The topological polar surface area (TPSA) is 66.6 Å². The van der Waals surface area contributed by atoms with Crippen molar-refractivity contribution in [2.45, 2.75) is 12.5 Å². The van der Waals surface area contributed by atoms with Gasteiger partial charge in [-0.15, -0.1) is 0 Å². The van der Waals surface area contributed by atoms with Crippen LogP contribution in [0.3, 0.4) is 0 Å². The van der Waals surface area contributed by atoms with Crippen LogP contribution in [0, 0.1) is 0 Å². The van der Waals surface area contributed by atoms with Gasteiger partial charge in [-0.1, -0.05) is 18.2 Å². The highest BCUT2D eigenvalue weighted by atomic mass is 32.2. The van der Waals surface area contributed by atoms with Crippen molar-refractivity contribution in [2.24, 2.45) is 5.73 Å². The Hall–Kier alpha value is -1.53. The maximum atomic E-state index is 12.3. The van der Waals surface area contributed by atoms with Gasteiger partial charge in [-0.3, -0.25) is 9.59 Å². The fourth-order valence-electron chi connectivity index (χ4n) is 2.50. The van der Waals surface area contributed by atoms with Crippen molar-refractivity contribution in [1.29, 1.82) is 0 Å². The largest absolute Gasteiger partial charge is 0.338 e. The molecule has 1 aliphatic heterocycles. The summed E-state index contributed by atoms with van der Waals surface area (Å²) in [5.41, 5.74) is 6.63. The molecule has 120 valence electrons. The smallest absolute Gasteiger partial charge is 0.253 e. The average molecular weight is 321 g/mol. The number of hydrogen-bond donors (Lipinski definition) is 1. The Labute approximate surface area is 135 Å². The van der Waals surface area contributed by atoms with E-state index in [-0.39, 0.29) is 11.8 Å². The van der Waals surface area contributed by atoms with Crippen molar-refractivity contribution in [1.82, 2.24) is 9.80 Å². The van der Waals surface area contributed by atoms with Crippen LogP contribution in [0.2, 0.25) is 0 Å². The van der Waals surface area contributed by atoms with Crippen LogP contribution in [0.25, 0.3) is 0 Å². The van der Waals surface area contributed by atoms with Gasteiger partial charge in [0.05, 0.1) is 6.04 Å². The Morgan fingerprint density at radius 3 is 2.32 bits per heavy atom. The molecule has 0 aromatic heterocycles. The molecule has 6 heteroatoms. The van der Waals surface area contributed by atoms with Crippen molar-refractivity contribution < 1.29 is 9.59 Å². The van der Waals surface area contributed by atoms with E-state index in [4.69, 9.17) is 5.73 Å². The van der Waals surface area contributed by atoms with Crippen LogP contribution in [0.15, 0.2) is 30.3 Å². The van der Waals surface area contributed by atoms with Crippen LogP contribution < -0.4 is 5.73 Å². The van der Waals surface area contributed by atoms with Gasteiger partial charge in [-0.05, 0) is 30.6 Å². The first kappa shape index (κ1) is 16.8. The number of nitrogens with zero attached hydrogens (tertiary/aromatic N) is 2. The minimum absolute atomic E-state index is 0.000796. The molecule has 0 bridgehead atoms. The number of piperazine rings is 1. The summed E-state index contributed by atoms with van der Waals surface area (Å²) in [7, 11) is 0. The van der Waals surface area contributed by atoms with Crippen molar-refractivity contribution >= 4 is 23.6 Å². The number of carbonyl (C=O) groups excluding carboxylic acids is 2. The molecule has 1 aliphatic rings. The molecule has 1 atom stereocenters. The van der Waals surface area contributed by atoms with Crippen LogP contribution in [0.4, 0.5) is 0 Å². The lowest BCUT2D eigenvalue weighted by Gasteiger charge is -2.36. The second-order valence-electron chi connectivity index (χ2n) is 5.37. The second kappa shape index (κ2) is 8.19. The second-order valence-corrected chi connectivity index (χ2v) is 6.36. The summed E-state index contributed by atoms with van der Waals surface area (Å²) in [5.74, 6) is 0.916. The van der Waals surface area contributed by atoms with Gasteiger partial charge >= 0.3 is 0 Å². The molecule has 1 saturated heterocycles. The van der Waals surface area contributed by atoms with Gasteiger partial charge in [0.2, 0.25) is 5.91 Å². The lowest BCUT2D eigenvalue weighted by Crippen LogP contribution is -2.54. The number of rotatable bonds is 5. The molecule has 2 N–H and O–H groups in total. The predicted octanol–water partition coefficient (Wildman–Crippen LogP) is 1.05. The van der Waals surface area contributed by atoms with E-state index >= 15 is 0 Å². The van der Waals surface area contributed by atoms with E-state index in [2.05, 4.69) is 0 Å². The van der Waals surface area contributed by atoms with Gasteiger partial charge in [0, 0.05) is 31.7 Å². The third kappa shape index (κ3) is 4.24. The van der Waals surface area contributed by atoms with Crippen LogP contribution in [0.1, 0.15) is 16.8 Å². The lowest BCUT2D eigenvalue weighted by atomic mass is 10.1. The van der Waals surface area contributed by atoms with Gasteiger partial charge in [0.25, 0.3) is 5.91 Å². The number of benzene rings is 1. The highest BCUT2D eigenvalue weighted by molar-refractivity contribution is 7.98. The third-order valence-corrected chi connectivity index (χ3v) is 4.49. The maximum absolute atomic E-state index is 12.3. The molecule has 0 unspecified atom stereocenters. The molecule has 1 heterocycles. The van der Waals surface area contributed by atoms with E-state index in [1.807, 2.05) is 36.6 Å². The van der Waals surface area contributed by atoms with Gasteiger partial charge in [0.15, 0.2) is 0 Å². The van der Waals surface area contributed by atoms with E-state index < -0.39 is 6.04 Å². The molecular formula is C16H23N3O2S. The normalized spacial score (nSPS) is 16.5. The molecule has 1 fully saturated rings. The van der Waals surface area contributed by atoms with Gasteiger partial charge in [0.1, 0.15) is 0 Å².